The number of ether oxygens (including phenoxy) is 3. The molecule has 0 bridgehead atoms. The summed E-state index contributed by atoms with van der Waals surface area (Å²) in [5.74, 6) is 1.78. The van der Waals surface area contributed by atoms with E-state index in [1.165, 1.54) is 45.7 Å². The van der Waals surface area contributed by atoms with E-state index in [9.17, 15) is 0 Å². The SMILES string of the molecule is C=COCCOc1ccc2cc(C3(c4ccc5cc(OC=C)ccc5c4)C4=CC=CC=CC4c4ccccc43)ccc2c1. The first kappa shape index (κ1) is 26.6. The third-order valence-corrected chi connectivity index (χ3v) is 8.57. The summed E-state index contributed by atoms with van der Waals surface area (Å²) in [7, 11) is 0. The Labute approximate surface area is 252 Å². The quantitative estimate of drug-likeness (QED) is 0.133. The molecule has 210 valence electrons. The number of hydrogen-bond acceptors (Lipinski definition) is 3. The Morgan fingerprint density at radius 2 is 1.33 bits per heavy atom. The summed E-state index contributed by atoms with van der Waals surface area (Å²) in [6, 6.07) is 35.1. The highest BCUT2D eigenvalue weighted by Crippen LogP contribution is 2.58. The molecule has 0 spiro atoms. The van der Waals surface area contributed by atoms with Gasteiger partial charge in [0.25, 0.3) is 0 Å². The Hall–Kier alpha value is -5.28. The standard InChI is InChI=1S/C40H32O3/c1-3-41-22-23-43-35-21-17-29-25-33(19-15-31(29)27-35)40(32-18-14-30-26-34(42-4-2)20-16-28(30)24-32)38-12-7-5-6-10-36(38)37-11-8-9-13-39(37)40/h3-21,24-27,36H,1-2,22-23H2. The summed E-state index contributed by atoms with van der Waals surface area (Å²) in [4.78, 5) is 0. The lowest BCUT2D eigenvalue weighted by atomic mass is 9.66. The van der Waals surface area contributed by atoms with Crippen molar-refractivity contribution in [1.29, 1.82) is 0 Å². The number of allylic oxidation sites excluding steroid dienone is 6. The van der Waals surface area contributed by atoms with E-state index in [0.717, 1.165) is 27.7 Å². The van der Waals surface area contributed by atoms with Crippen LogP contribution in [0.4, 0.5) is 0 Å². The van der Waals surface area contributed by atoms with Crippen molar-refractivity contribution in [2.75, 3.05) is 13.2 Å². The maximum Gasteiger partial charge on any atom is 0.127 e. The topological polar surface area (TPSA) is 27.7 Å². The molecule has 0 fully saturated rings. The van der Waals surface area contributed by atoms with Gasteiger partial charge in [0.05, 0.1) is 17.9 Å². The lowest BCUT2D eigenvalue weighted by molar-refractivity contribution is 0.180. The Morgan fingerprint density at radius 3 is 2.07 bits per heavy atom. The van der Waals surface area contributed by atoms with E-state index in [2.05, 4.69) is 128 Å². The zero-order chi connectivity index (χ0) is 29.2. The van der Waals surface area contributed by atoms with Crippen LogP contribution in [-0.2, 0) is 10.2 Å². The van der Waals surface area contributed by atoms with E-state index in [-0.39, 0.29) is 5.92 Å². The van der Waals surface area contributed by atoms with E-state index in [1.807, 2.05) is 12.1 Å². The first-order chi connectivity index (χ1) is 21.2. The highest BCUT2D eigenvalue weighted by molar-refractivity contribution is 5.88. The molecule has 5 aromatic carbocycles. The number of hydrogen-bond donors (Lipinski definition) is 0. The first-order valence-electron chi connectivity index (χ1n) is 14.6. The van der Waals surface area contributed by atoms with E-state index in [4.69, 9.17) is 14.2 Å². The largest absolute Gasteiger partial charge is 0.498 e. The van der Waals surface area contributed by atoms with Gasteiger partial charge < -0.3 is 14.2 Å². The second-order valence-corrected chi connectivity index (χ2v) is 10.8. The van der Waals surface area contributed by atoms with E-state index >= 15 is 0 Å². The minimum atomic E-state index is -0.476. The number of rotatable bonds is 9. The van der Waals surface area contributed by atoms with Crippen LogP contribution in [0.2, 0.25) is 0 Å². The molecular weight excluding hydrogens is 528 g/mol. The van der Waals surface area contributed by atoms with Crippen LogP contribution in [0.5, 0.6) is 11.5 Å². The average molecular weight is 561 g/mol. The lowest BCUT2D eigenvalue weighted by Gasteiger charge is -2.35. The Kier molecular flexibility index (Phi) is 6.92. The third-order valence-electron chi connectivity index (χ3n) is 8.57. The zero-order valence-electron chi connectivity index (χ0n) is 23.9. The van der Waals surface area contributed by atoms with Crippen LogP contribution >= 0.6 is 0 Å². The molecule has 2 aliphatic rings. The maximum absolute atomic E-state index is 5.92. The molecule has 43 heavy (non-hydrogen) atoms. The highest BCUT2D eigenvalue weighted by Gasteiger charge is 2.49. The summed E-state index contributed by atoms with van der Waals surface area (Å²) in [6.07, 6.45) is 14.0. The van der Waals surface area contributed by atoms with Crippen LogP contribution < -0.4 is 9.47 Å². The minimum Gasteiger partial charge on any atom is -0.498 e. The van der Waals surface area contributed by atoms with Gasteiger partial charge in [0.1, 0.15) is 24.7 Å². The maximum atomic E-state index is 5.92. The van der Waals surface area contributed by atoms with Gasteiger partial charge >= 0.3 is 0 Å². The molecule has 3 heteroatoms. The van der Waals surface area contributed by atoms with Gasteiger partial charge in [-0.05, 0) is 85.8 Å². The fourth-order valence-electron chi connectivity index (χ4n) is 6.78. The van der Waals surface area contributed by atoms with Gasteiger partial charge in [-0.2, -0.15) is 0 Å². The van der Waals surface area contributed by atoms with Crippen LogP contribution in [0.3, 0.4) is 0 Å². The van der Waals surface area contributed by atoms with Crippen LogP contribution in [0.1, 0.15) is 28.2 Å². The smallest absolute Gasteiger partial charge is 0.127 e. The minimum absolute atomic E-state index is 0.175. The Bertz CT molecular complexity index is 1960. The van der Waals surface area contributed by atoms with Gasteiger partial charge in [-0.1, -0.05) is 104 Å². The van der Waals surface area contributed by atoms with Gasteiger partial charge in [-0.3, -0.25) is 0 Å². The van der Waals surface area contributed by atoms with E-state index in [0.29, 0.717) is 13.2 Å². The van der Waals surface area contributed by atoms with Crippen molar-refractivity contribution < 1.29 is 14.2 Å². The molecule has 0 aliphatic heterocycles. The molecular formula is C40H32O3. The third kappa shape index (κ3) is 4.54. The molecule has 0 radical (unpaired) electrons. The molecule has 0 N–H and O–H groups in total. The second-order valence-electron chi connectivity index (χ2n) is 10.8. The fraction of sp³-hybridized carbons (Fsp3) is 0.100. The van der Waals surface area contributed by atoms with Crippen molar-refractivity contribution in [3.63, 3.8) is 0 Å². The van der Waals surface area contributed by atoms with Crippen molar-refractivity contribution in [3.8, 4) is 11.5 Å². The van der Waals surface area contributed by atoms with Crippen molar-refractivity contribution in [2.24, 2.45) is 0 Å². The number of benzene rings is 5. The van der Waals surface area contributed by atoms with E-state index < -0.39 is 5.41 Å². The Balaban J connectivity index is 1.43. The van der Waals surface area contributed by atoms with Gasteiger partial charge in [0.15, 0.2) is 0 Å². The molecule has 3 nitrogen and oxygen atoms in total. The normalized spacial score (nSPS) is 18.4. The summed E-state index contributed by atoms with van der Waals surface area (Å²) >= 11 is 0. The zero-order valence-corrected chi connectivity index (χ0v) is 23.9. The Morgan fingerprint density at radius 1 is 0.651 bits per heavy atom. The van der Waals surface area contributed by atoms with Crippen LogP contribution in [-0.4, -0.2) is 13.2 Å². The van der Waals surface area contributed by atoms with Gasteiger partial charge in [0.2, 0.25) is 0 Å². The number of fused-ring (bicyclic) bond motifs is 5. The molecule has 5 aromatic rings. The molecule has 2 atom stereocenters. The molecule has 0 saturated carbocycles. The molecule has 0 amide bonds. The predicted molar refractivity (Wildman–Crippen MR) is 176 cm³/mol. The summed E-state index contributed by atoms with van der Waals surface area (Å²) in [5, 5.41) is 4.59. The van der Waals surface area contributed by atoms with Gasteiger partial charge in [-0.25, -0.2) is 0 Å². The monoisotopic (exact) mass is 560 g/mol. The summed E-state index contributed by atoms with van der Waals surface area (Å²) in [6.45, 7) is 8.23. The van der Waals surface area contributed by atoms with Gasteiger partial charge in [-0.15, -0.1) is 0 Å². The van der Waals surface area contributed by atoms with Crippen molar-refractivity contribution >= 4 is 21.5 Å². The second kappa shape index (κ2) is 11.2. The molecule has 2 unspecified atom stereocenters. The van der Waals surface area contributed by atoms with Crippen molar-refractivity contribution in [3.05, 3.63) is 181 Å². The molecule has 0 heterocycles. The molecule has 2 aliphatic carbocycles. The summed E-state index contributed by atoms with van der Waals surface area (Å²) in [5.41, 5.74) is 6.02. The summed E-state index contributed by atoms with van der Waals surface area (Å²) < 4.78 is 16.7. The van der Waals surface area contributed by atoms with Crippen LogP contribution in [0.15, 0.2) is 159 Å². The lowest BCUT2D eigenvalue weighted by Crippen LogP contribution is -2.29. The van der Waals surface area contributed by atoms with Crippen molar-refractivity contribution in [1.82, 2.24) is 0 Å². The predicted octanol–water partition coefficient (Wildman–Crippen LogP) is 9.54. The fourth-order valence-corrected chi connectivity index (χ4v) is 6.78. The van der Waals surface area contributed by atoms with Crippen molar-refractivity contribution in [2.45, 2.75) is 11.3 Å². The average Bonchev–Trinajstić information content (AvgIpc) is 3.15. The molecule has 0 saturated heterocycles. The first-order valence-corrected chi connectivity index (χ1v) is 14.6. The molecule has 0 aromatic heterocycles. The van der Waals surface area contributed by atoms with Gasteiger partial charge in [0, 0.05) is 5.92 Å². The van der Waals surface area contributed by atoms with Crippen LogP contribution in [0, 0.1) is 0 Å². The van der Waals surface area contributed by atoms with Crippen LogP contribution in [0.25, 0.3) is 21.5 Å². The molecule has 7 rings (SSSR count). The van der Waals surface area contributed by atoms with E-state index in [1.54, 1.807) is 0 Å². The highest BCUT2D eigenvalue weighted by atomic mass is 16.5.